The predicted octanol–water partition coefficient (Wildman–Crippen LogP) is 1.49. The van der Waals surface area contributed by atoms with E-state index in [1.54, 1.807) is 4.90 Å². The second-order valence-corrected chi connectivity index (χ2v) is 4.79. The van der Waals surface area contributed by atoms with E-state index >= 15 is 0 Å². The number of halogens is 1. The largest absolute Gasteiger partial charge is 0.335 e. The molecular weight excluding hydrogens is 220 g/mol. The van der Waals surface area contributed by atoms with Gasteiger partial charge in [-0.3, -0.25) is 4.79 Å². The Morgan fingerprint density at radius 1 is 1.71 bits per heavy atom. The van der Waals surface area contributed by atoms with E-state index < -0.39 is 0 Å². The van der Waals surface area contributed by atoms with Crippen molar-refractivity contribution in [3.05, 3.63) is 20.8 Å². The molecule has 1 saturated heterocycles. The molecule has 0 spiro atoms. The molecule has 0 aromatic carbocycles. The number of hydrogen-bond acceptors (Lipinski definition) is 3. The molecule has 2 heterocycles. The summed E-state index contributed by atoms with van der Waals surface area (Å²) in [5.74, 6) is 0.00907. The molecular formula is C9H11ClN2OS. The van der Waals surface area contributed by atoms with Gasteiger partial charge in [-0.1, -0.05) is 11.6 Å². The molecule has 5 heteroatoms. The van der Waals surface area contributed by atoms with Crippen LogP contribution in [0.4, 0.5) is 0 Å². The molecule has 0 bridgehead atoms. The number of carbonyl (C=O) groups excluding carboxylic acids is 1. The van der Waals surface area contributed by atoms with E-state index in [1.165, 1.54) is 11.3 Å². The van der Waals surface area contributed by atoms with Gasteiger partial charge < -0.3 is 10.6 Å². The van der Waals surface area contributed by atoms with Crippen molar-refractivity contribution in [1.29, 1.82) is 0 Å². The first-order valence-electron chi connectivity index (χ1n) is 4.38. The monoisotopic (exact) mass is 230 g/mol. The molecule has 14 heavy (non-hydrogen) atoms. The number of thiophene rings is 1. The first-order chi connectivity index (χ1) is 6.59. The normalized spacial score (nSPS) is 16.9. The van der Waals surface area contributed by atoms with Crippen molar-refractivity contribution < 1.29 is 4.79 Å². The topological polar surface area (TPSA) is 46.3 Å². The summed E-state index contributed by atoms with van der Waals surface area (Å²) < 4.78 is 0. The van der Waals surface area contributed by atoms with Gasteiger partial charge in [-0.2, -0.15) is 0 Å². The third-order valence-electron chi connectivity index (χ3n) is 2.29. The Kier molecular flexibility index (Phi) is 2.51. The highest BCUT2D eigenvalue weighted by atomic mass is 35.5. The van der Waals surface area contributed by atoms with Crippen LogP contribution in [0.3, 0.4) is 0 Å². The van der Waals surface area contributed by atoms with E-state index in [9.17, 15) is 4.79 Å². The van der Waals surface area contributed by atoms with E-state index in [0.29, 0.717) is 23.0 Å². The lowest BCUT2D eigenvalue weighted by Gasteiger charge is -2.36. The summed E-state index contributed by atoms with van der Waals surface area (Å²) >= 11 is 7.40. The van der Waals surface area contributed by atoms with E-state index in [0.717, 1.165) is 5.56 Å². The molecule has 1 fully saturated rings. The zero-order chi connectivity index (χ0) is 10.3. The SMILES string of the molecule is Cc1csc(C(=O)N2CC(N)C2)c1Cl. The van der Waals surface area contributed by atoms with Crippen molar-refractivity contribution in [2.45, 2.75) is 13.0 Å². The van der Waals surface area contributed by atoms with Gasteiger partial charge in [0, 0.05) is 19.1 Å². The lowest BCUT2D eigenvalue weighted by molar-refractivity contribution is 0.0613. The van der Waals surface area contributed by atoms with Crippen LogP contribution in [-0.4, -0.2) is 29.9 Å². The minimum Gasteiger partial charge on any atom is -0.335 e. The van der Waals surface area contributed by atoms with Crippen LogP contribution in [-0.2, 0) is 0 Å². The minimum atomic E-state index is 0.00907. The standard InChI is InChI=1S/C9H11ClN2OS/c1-5-4-14-8(7(5)10)9(13)12-2-6(11)3-12/h4,6H,2-3,11H2,1H3. The Balaban J connectivity index is 2.16. The van der Waals surface area contributed by atoms with Crippen LogP contribution in [0.25, 0.3) is 0 Å². The fourth-order valence-electron chi connectivity index (χ4n) is 1.40. The van der Waals surface area contributed by atoms with Crippen LogP contribution in [0.5, 0.6) is 0 Å². The first-order valence-corrected chi connectivity index (χ1v) is 5.64. The molecule has 1 aliphatic rings. The predicted molar refractivity (Wildman–Crippen MR) is 57.9 cm³/mol. The first kappa shape index (κ1) is 9.96. The molecule has 0 saturated carbocycles. The Hall–Kier alpha value is -0.580. The highest BCUT2D eigenvalue weighted by Crippen LogP contribution is 2.29. The summed E-state index contributed by atoms with van der Waals surface area (Å²) in [6, 6.07) is 0.138. The van der Waals surface area contributed by atoms with Crippen LogP contribution in [0.1, 0.15) is 15.2 Å². The lowest BCUT2D eigenvalue weighted by atomic mass is 10.1. The molecule has 2 rings (SSSR count). The number of amides is 1. The van der Waals surface area contributed by atoms with E-state index in [4.69, 9.17) is 17.3 Å². The van der Waals surface area contributed by atoms with E-state index in [1.807, 2.05) is 12.3 Å². The summed E-state index contributed by atoms with van der Waals surface area (Å²) in [5.41, 5.74) is 6.57. The number of hydrogen-bond donors (Lipinski definition) is 1. The summed E-state index contributed by atoms with van der Waals surface area (Å²) in [4.78, 5) is 14.2. The zero-order valence-corrected chi connectivity index (χ0v) is 9.36. The van der Waals surface area contributed by atoms with Gasteiger partial charge in [-0.05, 0) is 17.9 Å². The minimum absolute atomic E-state index is 0.00907. The zero-order valence-electron chi connectivity index (χ0n) is 7.79. The van der Waals surface area contributed by atoms with Gasteiger partial charge in [0.15, 0.2) is 0 Å². The second kappa shape index (κ2) is 3.53. The number of nitrogens with zero attached hydrogens (tertiary/aromatic N) is 1. The van der Waals surface area contributed by atoms with Crippen LogP contribution >= 0.6 is 22.9 Å². The van der Waals surface area contributed by atoms with Crippen LogP contribution < -0.4 is 5.73 Å². The quantitative estimate of drug-likeness (QED) is 0.795. The third-order valence-corrected chi connectivity index (χ3v) is 3.98. The highest BCUT2D eigenvalue weighted by Gasteiger charge is 2.30. The maximum Gasteiger partial charge on any atom is 0.265 e. The maximum absolute atomic E-state index is 11.8. The summed E-state index contributed by atoms with van der Waals surface area (Å²) in [6.45, 7) is 3.19. The molecule has 0 aliphatic carbocycles. The molecule has 1 aliphatic heterocycles. The van der Waals surface area contributed by atoms with Crippen molar-refractivity contribution in [3.8, 4) is 0 Å². The summed E-state index contributed by atoms with van der Waals surface area (Å²) in [5, 5.41) is 2.48. The van der Waals surface area contributed by atoms with Crippen molar-refractivity contribution in [1.82, 2.24) is 4.90 Å². The highest BCUT2D eigenvalue weighted by molar-refractivity contribution is 7.13. The smallest absolute Gasteiger partial charge is 0.265 e. The van der Waals surface area contributed by atoms with Crippen molar-refractivity contribution in [2.75, 3.05) is 13.1 Å². The fraction of sp³-hybridized carbons (Fsp3) is 0.444. The van der Waals surface area contributed by atoms with Gasteiger partial charge in [0.25, 0.3) is 5.91 Å². The molecule has 76 valence electrons. The second-order valence-electron chi connectivity index (χ2n) is 3.53. The van der Waals surface area contributed by atoms with Crippen LogP contribution in [0, 0.1) is 6.92 Å². The van der Waals surface area contributed by atoms with E-state index in [-0.39, 0.29) is 11.9 Å². The number of carbonyl (C=O) groups is 1. The van der Waals surface area contributed by atoms with Gasteiger partial charge in [-0.15, -0.1) is 11.3 Å². The van der Waals surface area contributed by atoms with Crippen molar-refractivity contribution in [2.24, 2.45) is 5.73 Å². The molecule has 0 atom stereocenters. The van der Waals surface area contributed by atoms with Crippen LogP contribution in [0.2, 0.25) is 5.02 Å². The molecule has 3 nitrogen and oxygen atoms in total. The Morgan fingerprint density at radius 2 is 2.36 bits per heavy atom. The maximum atomic E-state index is 11.8. The molecule has 1 aromatic heterocycles. The number of rotatable bonds is 1. The summed E-state index contributed by atoms with van der Waals surface area (Å²) in [6.07, 6.45) is 0. The molecule has 0 unspecified atom stereocenters. The van der Waals surface area contributed by atoms with Gasteiger partial charge in [0.05, 0.1) is 5.02 Å². The Bertz CT molecular complexity index is 371. The average Bonchev–Trinajstić information content (AvgIpc) is 2.42. The molecule has 2 N–H and O–H groups in total. The fourth-order valence-corrected chi connectivity index (χ4v) is 2.64. The van der Waals surface area contributed by atoms with Gasteiger partial charge in [-0.25, -0.2) is 0 Å². The summed E-state index contributed by atoms with van der Waals surface area (Å²) in [7, 11) is 0. The van der Waals surface area contributed by atoms with Gasteiger partial charge in [0.1, 0.15) is 4.88 Å². The Morgan fingerprint density at radius 3 is 2.79 bits per heavy atom. The number of likely N-dealkylation sites (tertiary alicyclic amines) is 1. The molecule has 0 radical (unpaired) electrons. The lowest BCUT2D eigenvalue weighted by Crippen LogP contribution is -2.57. The van der Waals surface area contributed by atoms with Crippen molar-refractivity contribution >= 4 is 28.8 Å². The average molecular weight is 231 g/mol. The third kappa shape index (κ3) is 1.54. The van der Waals surface area contributed by atoms with Crippen LogP contribution in [0.15, 0.2) is 5.38 Å². The van der Waals surface area contributed by atoms with Gasteiger partial charge >= 0.3 is 0 Å². The number of nitrogens with two attached hydrogens (primary N) is 1. The Labute approximate surface area is 91.5 Å². The molecule has 1 aromatic rings. The molecule has 1 amide bonds. The van der Waals surface area contributed by atoms with Gasteiger partial charge in [0.2, 0.25) is 0 Å². The van der Waals surface area contributed by atoms with E-state index in [2.05, 4.69) is 0 Å². The number of aryl methyl sites for hydroxylation is 1. The van der Waals surface area contributed by atoms with Crippen molar-refractivity contribution in [3.63, 3.8) is 0 Å².